The minimum absolute atomic E-state index is 0.0499. The fraction of sp³-hybridized carbons (Fsp3) is 0.421. The smallest absolute Gasteiger partial charge is 0.356 e. The largest absolute Gasteiger partial charge is 0.419 e. The number of hydrogen-bond acceptors (Lipinski definition) is 5. The maximum Gasteiger partial charge on any atom is 0.419 e. The number of aromatic amines is 1. The molecule has 154 valence electrons. The van der Waals surface area contributed by atoms with Gasteiger partial charge in [-0.3, -0.25) is 4.79 Å². The summed E-state index contributed by atoms with van der Waals surface area (Å²) in [5.41, 5.74) is -0.188. The van der Waals surface area contributed by atoms with Crippen molar-refractivity contribution in [2.24, 2.45) is 0 Å². The van der Waals surface area contributed by atoms with E-state index < -0.39 is 11.7 Å². The van der Waals surface area contributed by atoms with E-state index >= 15 is 0 Å². The average molecular weight is 406 g/mol. The van der Waals surface area contributed by atoms with Crippen molar-refractivity contribution in [1.29, 1.82) is 0 Å². The second kappa shape index (κ2) is 7.86. The van der Waals surface area contributed by atoms with Crippen LogP contribution in [0.1, 0.15) is 34.5 Å². The van der Waals surface area contributed by atoms with Gasteiger partial charge in [0.2, 0.25) is 5.95 Å². The number of nitrogens with one attached hydrogen (secondary N) is 4. The SMILES string of the molecule is O=C1NCC=CCc2c(-c3nc(NC4CCCNC4)ncc3C(F)(F)F)c[nH]c21. The predicted molar refractivity (Wildman–Crippen MR) is 102 cm³/mol. The lowest BCUT2D eigenvalue weighted by Gasteiger charge is -2.24. The maximum atomic E-state index is 13.7. The van der Waals surface area contributed by atoms with E-state index in [0.29, 0.717) is 25.1 Å². The zero-order chi connectivity index (χ0) is 20.4. The summed E-state index contributed by atoms with van der Waals surface area (Å²) in [6.07, 6.45) is 3.37. The standard InChI is InChI=1S/C19H21F3N6O/c20-19(21,22)14-10-26-18(27-11-4-3-6-23-8-11)28-15(14)13-9-25-16-12(13)5-1-2-7-24-17(16)29/h1-2,9-11,23,25H,3-8H2,(H,24,29)(H,26,27,28). The maximum absolute atomic E-state index is 13.7. The molecule has 7 nitrogen and oxygen atoms in total. The van der Waals surface area contributed by atoms with Gasteiger partial charge in [-0.2, -0.15) is 13.2 Å². The first-order valence-electron chi connectivity index (χ1n) is 9.49. The number of rotatable bonds is 3. The number of anilines is 1. The van der Waals surface area contributed by atoms with Crippen molar-refractivity contribution in [2.45, 2.75) is 31.5 Å². The van der Waals surface area contributed by atoms with E-state index in [9.17, 15) is 18.0 Å². The Morgan fingerprint density at radius 2 is 2.10 bits per heavy atom. The average Bonchev–Trinajstić information content (AvgIpc) is 3.09. The number of piperidine rings is 1. The van der Waals surface area contributed by atoms with Crippen LogP contribution in [0.4, 0.5) is 19.1 Å². The fourth-order valence-electron chi connectivity index (χ4n) is 3.63. The lowest BCUT2D eigenvalue weighted by atomic mass is 10.00. The topological polar surface area (TPSA) is 94.7 Å². The number of aromatic nitrogens is 3. The lowest BCUT2D eigenvalue weighted by molar-refractivity contribution is -0.137. The van der Waals surface area contributed by atoms with E-state index in [-0.39, 0.29) is 34.8 Å². The molecule has 0 radical (unpaired) electrons. The van der Waals surface area contributed by atoms with Gasteiger partial charge in [0.25, 0.3) is 5.91 Å². The van der Waals surface area contributed by atoms with Crippen molar-refractivity contribution >= 4 is 11.9 Å². The van der Waals surface area contributed by atoms with Crippen molar-refractivity contribution in [3.05, 3.63) is 41.4 Å². The summed E-state index contributed by atoms with van der Waals surface area (Å²) in [6.45, 7) is 1.99. The Labute approximate surface area is 165 Å². The molecule has 0 aromatic carbocycles. The second-order valence-corrected chi connectivity index (χ2v) is 7.08. The van der Waals surface area contributed by atoms with E-state index in [0.717, 1.165) is 25.6 Å². The molecule has 1 unspecified atom stereocenters. The minimum atomic E-state index is -4.62. The summed E-state index contributed by atoms with van der Waals surface area (Å²) >= 11 is 0. The highest BCUT2D eigenvalue weighted by molar-refractivity contribution is 5.96. The molecule has 0 saturated carbocycles. The van der Waals surface area contributed by atoms with Crippen molar-refractivity contribution in [2.75, 3.05) is 25.0 Å². The van der Waals surface area contributed by atoms with Gasteiger partial charge in [0.1, 0.15) is 11.3 Å². The van der Waals surface area contributed by atoms with Crippen molar-refractivity contribution in [3.63, 3.8) is 0 Å². The Morgan fingerprint density at radius 3 is 2.86 bits per heavy atom. The number of hydrogen-bond donors (Lipinski definition) is 4. The molecule has 1 saturated heterocycles. The van der Waals surface area contributed by atoms with Crippen LogP contribution in [0.3, 0.4) is 0 Å². The Kier molecular flexibility index (Phi) is 5.27. The second-order valence-electron chi connectivity index (χ2n) is 7.08. The van der Waals surface area contributed by atoms with E-state index in [1.165, 1.54) is 6.20 Å². The van der Waals surface area contributed by atoms with Crippen molar-refractivity contribution < 1.29 is 18.0 Å². The molecular formula is C19H21F3N6O. The molecule has 0 aliphatic carbocycles. The van der Waals surface area contributed by atoms with E-state index in [2.05, 4.69) is 30.9 Å². The molecule has 4 heterocycles. The van der Waals surface area contributed by atoms with Gasteiger partial charge < -0.3 is 20.9 Å². The number of H-pyrrole nitrogens is 1. The molecule has 2 aliphatic rings. The molecule has 10 heteroatoms. The third-order valence-corrected chi connectivity index (χ3v) is 5.06. The van der Waals surface area contributed by atoms with Crippen LogP contribution >= 0.6 is 0 Å². The first kappa shape index (κ1) is 19.4. The van der Waals surface area contributed by atoms with Crippen LogP contribution < -0.4 is 16.0 Å². The van der Waals surface area contributed by atoms with Gasteiger partial charge in [0, 0.05) is 37.1 Å². The van der Waals surface area contributed by atoms with E-state index in [1.807, 2.05) is 6.08 Å². The van der Waals surface area contributed by atoms with Crippen LogP contribution in [0.25, 0.3) is 11.3 Å². The quantitative estimate of drug-likeness (QED) is 0.588. The highest BCUT2D eigenvalue weighted by Crippen LogP contribution is 2.38. The van der Waals surface area contributed by atoms with Crippen LogP contribution in [0, 0.1) is 0 Å². The van der Waals surface area contributed by atoms with Gasteiger partial charge in [-0.25, -0.2) is 9.97 Å². The molecule has 1 atom stereocenters. The van der Waals surface area contributed by atoms with Gasteiger partial charge in [0.15, 0.2) is 0 Å². The Hall–Kier alpha value is -2.88. The van der Waals surface area contributed by atoms with Gasteiger partial charge in [-0.15, -0.1) is 0 Å². The van der Waals surface area contributed by atoms with Crippen molar-refractivity contribution in [1.82, 2.24) is 25.6 Å². The molecular weight excluding hydrogens is 385 g/mol. The first-order chi connectivity index (χ1) is 13.9. The summed E-state index contributed by atoms with van der Waals surface area (Å²) in [4.78, 5) is 23.2. The molecule has 4 N–H and O–H groups in total. The van der Waals surface area contributed by atoms with Crippen LogP contribution in [0.2, 0.25) is 0 Å². The number of fused-ring (bicyclic) bond motifs is 1. The Morgan fingerprint density at radius 1 is 1.24 bits per heavy atom. The number of carbonyl (C=O) groups is 1. The molecule has 0 spiro atoms. The van der Waals surface area contributed by atoms with Crippen molar-refractivity contribution in [3.8, 4) is 11.3 Å². The van der Waals surface area contributed by atoms with E-state index in [1.54, 1.807) is 6.08 Å². The molecule has 1 fully saturated rings. The van der Waals surface area contributed by atoms with Gasteiger partial charge in [0.05, 0.1) is 5.69 Å². The van der Waals surface area contributed by atoms with Crippen LogP contribution in [-0.4, -0.2) is 46.5 Å². The van der Waals surface area contributed by atoms with Crippen LogP contribution in [0.15, 0.2) is 24.5 Å². The number of carbonyl (C=O) groups excluding carboxylic acids is 1. The van der Waals surface area contributed by atoms with Gasteiger partial charge in [-0.05, 0) is 31.4 Å². The minimum Gasteiger partial charge on any atom is -0.356 e. The summed E-state index contributed by atoms with van der Waals surface area (Å²) in [7, 11) is 0. The molecule has 4 rings (SSSR count). The summed E-state index contributed by atoms with van der Waals surface area (Å²) < 4.78 is 41.0. The van der Waals surface area contributed by atoms with E-state index in [4.69, 9.17) is 0 Å². The van der Waals surface area contributed by atoms with Gasteiger partial charge in [-0.1, -0.05) is 12.2 Å². The number of nitrogens with zero attached hydrogens (tertiary/aromatic N) is 2. The lowest BCUT2D eigenvalue weighted by Crippen LogP contribution is -2.38. The molecule has 2 aromatic rings. The van der Waals surface area contributed by atoms with Gasteiger partial charge >= 0.3 is 6.18 Å². The molecule has 0 bridgehead atoms. The third kappa shape index (κ3) is 4.12. The molecule has 2 aromatic heterocycles. The zero-order valence-electron chi connectivity index (χ0n) is 15.6. The zero-order valence-corrected chi connectivity index (χ0v) is 15.6. The highest BCUT2D eigenvalue weighted by atomic mass is 19.4. The normalized spacial score (nSPS) is 19.8. The predicted octanol–water partition coefficient (Wildman–Crippen LogP) is 2.50. The highest BCUT2D eigenvalue weighted by Gasteiger charge is 2.37. The molecule has 2 aliphatic heterocycles. The monoisotopic (exact) mass is 406 g/mol. The Bertz CT molecular complexity index is 931. The summed E-state index contributed by atoms with van der Waals surface area (Å²) in [5.74, 6) is -0.215. The first-order valence-corrected chi connectivity index (χ1v) is 9.49. The third-order valence-electron chi connectivity index (χ3n) is 5.06. The fourth-order valence-corrected chi connectivity index (χ4v) is 3.63. The number of allylic oxidation sites excluding steroid dienone is 1. The van der Waals surface area contributed by atoms with Crippen LogP contribution in [0.5, 0.6) is 0 Å². The molecule has 1 amide bonds. The molecule has 29 heavy (non-hydrogen) atoms. The summed E-state index contributed by atoms with van der Waals surface area (Å²) in [5, 5.41) is 9.04. The Balaban J connectivity index is 1.77. The number of amides is 1. The number of halogens is 3. The number of alkyl halides is 3. The van der Waals surface area contributed by atoms with Crippen LogP contribution in [-0.2, 0) is 12.6 Å². The summed E-state index contributed by atoms with van der Waals surface area (Å²) in [6, 6.07) is 0.0499.